The minimum absolute atomic E-state index is 0.246. The minimum Gasteiger partial charge on any atom is -0.486 e. The highest BCUT2D eigenvalue weighted by Crippen LogP contribution is 2.30. The third-order valence-corrected chi connectivity index (χ3v) is 3.98. The van der Waals surface area contributed by atoms with E-state index in [4.69, 9.17) is 9.47 Å². The molecule has 1 aromatic rings. The van der Waals surface area contributed by atoms with E-state index in [1.807, 2.05) is 25.1 Å². The summed E-state index contributed by atoms with van der Waals surface area (Å²) in [5.74, 6) is 1.46. The largest absolute Gasteiger partial charge is 0.486 e. The Balaban J connectivity index is 1.60. The molecular weight excluding hydrogens is 282 g/mol. The van der Waals surface area contributed by atoms with E-state index >= 15 is 0 Å². The predicted octanol–water partition coefficient (Wildman–Crippen LogP) is 2.42. The first-order valence-electron chi connectivity index (χ1n) is 7.73. The molecule has 0 bridgehead atoms. The highest BCUT2D eigenvalue weighted by atomic mass is 16.6. The minimum atomic E-state index is -0.246. The first-order chi connectivity index (χ1) is 10.7. The van der Waals surface area contributed by atoms with Gasteiger partial charge in [0.25, 0.3) is 0 Å². The Bertz CT molecular complexity index is 580. The molecule has 6 nitrogen and oxygen atoms in total. The van der Waals surface area contributed by atoms with Crippen LogP contribution in [-0.2, 0) is 0 Å². The number of urea groups is 1. The van der Waals surface area contributed by atoms with Crippen molar-refractivity contribution in [1.29, 1.82) is 0 Å². The smallest absolute Gasteiger partial charge is 0.335 e. The van der Waals surface area contributed by atoms with Gasteiger partial charge in [-0.1, -0.05) is 12.8 Å². The van der Waals surface area contributed by atoms with Gasteiger partial charge in [-0.15, -0.1) is 0 Å². The number of nitrogens with zero attached hydrogens (tertiary/aromatic N) is 1. The Labute approximate surface area is 129 Å². The van der Waals surface area contributed by atoms with Crippen molar-refractivity contribution in [1.82, 2.24) is 10.7 Å². The normalized spacial score (nSPS) is 18.1. The lowest BCUT2D eigenvalue weighted by Crippen LogP contribution is -2.39. The maximum absolute atomic E-state index is 11.8. The third kappa shape index (κ3) is 3.50. The number of carbonyl (C=O) groups excluding carboxylic acids is 1. The SMILES string of the molecule is CC(=NNC(=O)NC1CCCC1)c1ccc2c(c1)OCCO2. The van der Waals surface area contributed by atoms with Gasteiger partial charge >= 0.3 is 6.03 Å². The average Bonchev–Trinajstić information content (AvgIpc) is 3.05. The molecule has 118 valence electrons. The molecular formula is C16H21N3O3. The van der Waals surface area contributed by atoms with Crippen molar-refractivity contribution in [2.75, 3.05) is 13.2 Å². The second kappa shape index (κ2) is 6.68. The van der Waals surface area contributed by atoms with Gasteiger partial charge in [0.2, 0.25) is 0 Å². The van der Waals surface area contributed by atoms with E-state index in [2.05, 4.69) is 15.8 Å². The van der Waals surface area contributed by atoms with Crippen molar-refractivity contribution in [2.45, 2.75) is 38.6 Å². The standard InChI is InChI=1S/C16H21N3O3/c1-11(18-19-16(20)17-13-4-2-3-5-13)12-6-7-14-15(10-12)22-9-8-21-14/h6-7,10,13H,2-5,8-9H2,1H3,(H2,17,19,20). The molecule has 22 heavy (non-hydrogen) atoms. The van der Waals surface area contributed by atoms with Gasteiger partial charge in [0.05, 0.1) is 5.71 Å². The number of carbonyl (C=O) groups is 1. The fourth-order valence-electron chi connectivity index (χ4n) is 2.76. The number of amides is 2. The lowest BCUT2D eigenvalue weighted by atomic mass is 10.1. The zero-order chi connectivity index (χ0) is 15.4. The van der Waals surface area contributed by atoms with Crippen LogP contribution in [0.4, 0.5) is 4.79 Å². The summed E-state index contributed by atoms with van der Waals surface area (Å²) in [5.41, 5.74) is 4.17. The van der Waals surface area contributed by atoms with E-state index in [-0.39, 0.29) is 12.1 Å². The molecule has 6 heteroatoms. The summed E-state index contributed by atoms with van der Waals surface area (Å²) >= 11 is 0. The Kier molecular flexibility index (Phi) is 4.46. The molecule has 1 aliphatic carbocycles. The molecule has 1 aromatic carbocycles. The van der Waals surface area contributed by atoms with Gasteiger partial charge in [0.1, 0.15) is 13.2 Å². The van der Waals surface area contributed by atoms with Gasteiger partial charge in [-0.05, 0) is 38.0 Å². The van der Waals surface area contributed by atoms with Gasteiger partial charge in [-0.2, -0.15) is 5.10 Å². The molecule has 2 amide bonds. The third-order valence-electron chi connectivity index (χ3n) is 3.98. The highest BCUT2D eigenvalue weighted by Gasteiger charge is 2.17. The van der Waals surface area contributed by atoms with Gasteiger partial charge in [0, 0.05) is 11.6 Å². The molecule has 0 saturated heterocycles. The van der Waals surface area contributed by atoms with E-state index in [0.29, 0.717) is 19.0 Å². The second-order valence-electron chi connectivity index (χ2n) is 5.62. The molecule has 2 N–H and O–H groups in total. The molecule has 2 aliphatic rings. The zero-order valence-electron chi connectivity index (χ0n) is 12.7. The van der Waals surface area contributed by atoms with Crippen LogP contribution in [0.3, 0.4) is 0 Å². The van der Waals surface area contributed by atoms with Gasteiger partial charge in [0.15, 0.2) is 11.5 Å². The molecule has 0 spiro atoms. The van der Waals surface area contributed by atoms with E-state index in [0.717, 1.165) is 29.9 Å². The van der Waals surface area contributed by atoms with Crippen molar-refractivity contribution in [3.05, 3.63) is 23.8 Å². The van der Waals surface area contributed by atoms with Crippen molar-refractivity contribution in [3.8, 4) is 11.5 Å². The quantitative estimate of drug-likeness (QED) is 0.665. The molecule has 1 fully saturated rings. The fourth-order valence-corrected chi connectivity index (χ4v) is 2.76. The van der Waals surface area contributed by atoms with Crippen LogP contribution in [0.25, 0.3) is 0 Å². The summed E-state index contributed by atoms with van der Waals surface area (Å²) in [6.07, 6.45) is 4.48. The first kappa shape index (κ1) is 14.7. The molecule has 3 rings (SSSR count). The number of benzene rings is 1. The fraction of sp³-hybridized carbons (Fsp3) is 0.500. The summed E-state index contributed by atoms with van der Waals surface area (Å²) < 4.78 is 11.0. The first-order valence-corrected chi connectivity index (χ1v) is 7.73. The monoisotopic (exact) mass is 303 g/mol. The predicted molar refractivity (Wildman–Crippen MR) is 83.6 cm³/mol. The van der Waals surface area contributed by atoms with Crippen LogP contribution in [0.2, 0.25) is 0 Å². The van der Waals surface area contributed by atoms with Crippen LogP contribution in [0.1, 0.15) is 38.2 Å². The van der Waals surface area contributed by atoms with Gasteiger partial charge < -0.3 is 14.8 Å². The van der Waals surface area contributed by atoms with Crippen LogP contribution in [-0.4, -0.2) is 31.0 Å². The number of hydrazone groups is 1. The van der Waals surface area contributed by atoms with Crippen LogP contribution < -0.4 is 20.2 Å². The van der Waals surface area contributed by atoms with Crippen molar-refractivity contribution in [2.24, 2.45) is 5.10 Å². The van der Waals surface area contributed by atoms with E-state index in [9.17, 15) is 4.79 Å². The Morgan fingerprint density at radius 3 is 2.68 bits per heavy atom. The maximum Gasteiger partial charge on any atom is 0.335 e. The molecule has 0 aromatic heterocycles. The average molecular weight is 303 g/mol. The summed E-state index contributed by atoms with van der Waals surface area (Å²) in [6.45, 7) is 2.97. The highest BCUT2D eigenvalue weighted by molar-refractivity contribution is 5.99. The summed E-state index contributed by atoms with van der Waals surface area (Å²) in [6, 6.07) is 5.68. The van der Waals surface area contributed by atoms with Crippen LogP contribution >= 0.6 is 0 Å². The van der Waals surface area contributed by atoms with E-state index < -0.39 is 0 Å². The number of hydrogen-bond donors (Lipinski definition) is 2. The molecule has 1 heterocycles. The summed E-state index contributed by atoms with van der Waals surface area (Å²) in [5, 5.41) is 7.08. The lowest BCUT2D eigenvalue weighted by molar-refractivity contribution is 0.171. The van der Waals surface area contributed by atoms with Crippen LogP contribution in [0.5, 0.6) is 11.5 Å². The van der Waals surface area contributed by atoms with Crippen molar-refractivity contribution >= 4 is 11.7 Å². The lowest BCUT2D eigenvalue weighted by Gasteiger charge is -2.18. The van der Waals surface area contributed by atoms with Crippen LogP contribution in [0.15, 0.2) is 23.3 Å². The van der Waals surface area contributed by atoms with E-state index in [1.165, 1.54) is 12.8 Å². The molecule has 0 unspecified atom stereocenters. The van der Waals surface area contributed by atoms with Crippen molar-refractivity contribution < 1.29 is 14.3 Å². The Morgan fingerprint density at radius 2 is 1.91 bits per heavy atom. The Morgan fingerprint density at radius 1 is 1.18 bits per heavy atom. The number of nitrogens with one attached hydrogen (secondary N) is 2. The second-order valence-corrected chi connectivity index (χ2v) is 5.62. The van der Waals surface area contributed by atoms with Crippen LogP contribution in [0, 0.1) is 0 Å². The number of fused-ring (bicyclic) bond motifs is 1. The molecule has 1 saturated carbocycles. The maximum atomic E-state index is 11.8. The van der Waals surface area contributed by atoms with Gasteiger partial charge in [-0.3, -0.25) is 0 Å². The zero-order valence-corrected chi connectivity index (χ0v) is 12.7. The summed E-state index contributed by atoms with van der Waals surface area (Å²) in [7, 11) is 0. The number of hydrogen-bond acceptors (Lipinski definition) is 4. The van der Waals surface area contributed by atoms with E-state index in [1.54, 1.807) is 0 Å². The van der Waals surface area contributed by atoms with Gasteiger partial charge in [-0.25, -0.2) is 10.2 Å². The summed E-state index contributed by atoms with van der Waals surface area (Å²) in [4.78, 5) is 11.8. The number of ether oxygens (including phenoxy) is 2. The molecule has 1 aliphatic heterocycles. The molecule has 0 radical (unpaired) electrons. The molecule has 0 atom stereocenters. The number of rotatable bonds is 3. The topological polar surface area (TPSA) is 72.0 Å². The Hall–Kier alpha value is -2.24. The van der Waals surface area contributed by atoms with Crippen molar-refractivity contribution in [3.63, 3.8) is 0 Å².